The number of phenols is 1. The predicted molar refractivity (Wildman–Crippen MR) is 57.8 cm³/mol. The predicted octanol–water partition coefficient (Wildman–Crippen LogP) is 2.52. The van der Waals surface area contributed by atoms with Gasteiger partial charge in [0.2, 0.25) is 0 Å². The molecule has 0 aliphatic rings. The molecular formula is C8H7BrClFN2O. The molecule has 1 aromatic rings. The van der Waals surface area contributed by atoms with Crippen LogP contribution >= 0.6 is 27.5 Å². The topological polar surface area (TPSA) is 58.6 Å². The molecule has 76 valence electrons. The summed E-state index contributed by atoms with van der Waals surface area (Å²) in [6, 6.07) is 2.69. The average Bonchev–Trinajstić information content (AvgIpc) is 2.18. The first kappa shape index (κ1) is 11.3. The quantitative estimate of drug-likeness (QED) is 0.497. The highest BCUT2D eigenvalue weighted by Gasteiger charge is 2.10. The lowest BCUT2D eigenvalue weighted by Crippen LogP contribution is -2.12. The van der Waals surface area contributed by atoms with Gasteiger partial charge in [-0.05, 0) is 28.1 Å². The van der Waals surface area contributed by atoms with E-state index in [0.29, 0.717) is 0 Å². The summed E-state index contributed by atoms with van der Waals surface area (Å²) >= 11 is 8.34. The zero-order valence-corrected chi connectivity index (χ0v) is 9.31. The van der Waals surface area contributed by atoms with Crippen LogP contribution in [0.2, 0.25) is 0 Å². The normalized spacial score (nSPS) is 11.8. The summed E-state index contributed by atoms with van der Waals surface area (Å²) in [7, 11) is 0. The van der Waals surface area contributed by atoms with Gasteiger partial charge in [0.05, 0.1) is 10.4 Å². The van der Waals surface area contributed by atoms with Crippen LogP contribution in [-0.4, -0.2) is 16.8 Å². The average molecular weight is 282 g/mol. The van der Waals surface area contributed by atoms with Gasteiger partial charge in [-0.3, -0.25) is 0 Å². The molecular weight excluding hydrogens is 274 g/mol. The highest BCUT2D eigenvalue weighted by atomic mass is 79.9. The summed E-state index contributed by atoms with van der Waals surface area (Å²) in [6.45, 7) is 0. The molecule has 0 radical (unpaired) electrons. The lowest BCUT2D eigenvalue weighted by Gasteiger charge is -2.03. The minimum absolute atomic E-state index is 0.0224. The Balaban J connectivity index is 3.26. The second kappa shape index (κ2) is 4.61. The molecule has 3 nitrogen and oxygen atoms in total. The molecule has 0 unspecified atom stereocenters. The van der Waals surface area contributed by atoms with E-state index < -0.39 is 5.82 Å². The number of amidine groups is 1. The summed E-state index contributed by atoms with van der Waals surface area (Å²) in [4.78, 5) is 3.64. The fourth-order valence-corrected chi connectivity index (χ4v) is 1.19. The van der Waals surface area contributed by atoms with Crippen molar-refractivity contribution in [2.75, 3.05) is 5.88 Å². The third kappa shape index (κ3) is 2.36. The number of halogens is 3. The Kier molecular flexibility index (Phi) is 3.71. The maximum atomic E-state index is 13.3. The molecule has 0 atom stereocenters. The number of nitrogens with zero attached hydrogens (tertiary/aromatic N) is 1. The van der Waals surface area contributed by atoms with Gasteiger partial charge in [0.25, 0.3) is 0 Å². The number of nitrogens with two attached hydrogens (primary N) is 1. The molecule has 3 N–H and O–H groups in total. The van der Waals surface area contributed by atoms with E-state index in [1.54, 1.807) is 0 Å². The molecule has 0 fully saturated rings. The van der Waals surface area contributed by atoms with Crippen LogP contribution in [-0.2, 0) is 0 Å². The number of aliphatic imine (C=N–C) groups is 1. The highest BCUT2D eigenvalue weighted by molar-refractivity contribution is 9.10. The standard InChI is InChI=1S/C8H7BrClFN2O/c9-4-1-2-5(14)8(7(4)11)13-6(12)3-10/h1-2,14H,3H2,(H2,12,13). The van der Waals surface area contributed by atoms with Gasteiger partial charge in [-0.2, -0.15) is 0 Å². The van der Waals surface area contributed by atoms with Crippen molar-refractivity contribution in [2.45, 2.75) is 0 Å². The number of alkyl halides is 1. The second-order valence-electron chi connectivity index (χ2n) is 2.47. The van der Waals surface area contributed by atoms with E-state index in [1.807, 2.05) is 0 Å². The van der Waals surface area contributed by atoms with Gasteiger partial charge in [-0.1, -0.05) is 0 Å². The van der Waals surface area contributed by atoms with Crippen molar-refractivity contribution >= 4 is 39.1 Å². The minimum Gasteiger partial charge on any atom is -0.506 e. The Morgan fingerprint density at radius 2 is 2.29 bits per heavy atom. The third-order valence-electron chi connectivity index (χ3n) is 1.44. The molecule has 0 aliphatic heterocycles. The van der Waals surface area contributed by atoms with Crippen molar-refractivity contribution < 1.29 is 9.50 Å². The van der Waals surface area contributed by atoms with Crippen LogP contribution in [0.4, 0.5) is 10.1 Å². The molecule has 0 bridgehead atoms. The van der Waals surface area contributed by atoms with Crippen LogP contribution in [0.25, 0.3) is 0 Å². The number of benzene rings is 1. The summed E-state index contributed by atoms with van der Waals surface area (Å²) in [6.07, 6.45) is 0. The van der Waals surface area contributed by atoms with Crippen molar-refractivity contribution in [1.82, 2.24) is 0 Å². The van der Waals surface area contributed by atoms with E-state index in [0.717, 1.165) is 0 Å². The van der Waals surface area contributed by atoms with Gasteiger partial charge < -0.3 is 10.8 Å². The van der Waals surface area contributed by atoms with Gasteiger partial charge in [-0.25, -0.2) is 9.38 Å². The lowest BCUT2D eigenvalue weighted by atomic mass is 10.3. The summed E-state index contributed by atoms with van der Waals surface area (Å²) in [5.74, 6) is -0.929. The van der Waals surface area contributed by atoms with Gasteiger partial charge >= 0.3 is 0 Å². The Bertz CT molecular complexity index is 384. The van der Waals surface area contributed by atoms with Crippen molar-refractivity contribution in [3.05, 3.63) is 22.4 Å². The monoisotopic (exact) mass is 280 g/mol. The van der Waals surface area contributed by atoms with E-state index in [2.05, 4.69) is 20.9 Å². The Labute approximate surface area is 93.5 Å². The maximum Gasteiger partial charge on any atom is 0.166 e. The van der Waals surface area contributed by atoms with Crippen molar-refractivity contribution in [1.29, 1.82) is 0 Å². The minimum atomic E-state index is -0.668. The first-order valence-corrected chi connectivity index (χ1v) is 4.95. The molecule has 6 heteroatoms. The fourth-order valence-electron chi connectivity index (χ4n) is 0.810. The second-order valence-corrected chi connectivity index (χ2v) is 3.59. The number of aromatic hydroxyl groups is 1. The van der Waals surface area contributed by atoms with Gasteiger partial charge in [0.1, 0.15) is 17.3 Å². The van der Waals surface area contributed by atoms with E-state index in [9.17, 15) is 9.50 Å². The molecule has 1 rings (SSSR count). The van der Waals surface area contributed by atoms with E-state index in [-0.39, 0.29) is 27.6 Å². The molecule has 14 heavy (non-hydrogen) atoms. The Morgan fingerprint density at radius 1 is 1.64 bits per heavy atom. The maximum absolute atomic E-state index is 13.3. The molecule has 0 heterocycles. The van der Waals surface area contributed by atoms with Crippen molar-refractivity contribution in [2.24, 2.45) is 10.7 Å². The van der Waals surface area contributed by atoms with Gasteiger partial charge in [0, 0.05) is 0 Å². The van der Waals surface area contributed by atoms with Crippen molar-refractivity contribution in [3.63, 3.8) is 0 Å². The van der Waals surface area contributed by atoms with Crippen LogP contribution < -0.4 is 5.73 Å². The number of phenolic OH excluding ortho intramolecular Hbond substituents is 1. The van der Waals surface area contributed by atoms with Gasteiger partial charge in [0.15, 0.2) is 5.82 Å². The first-order chi connectivity index (χ1) is 6.56. The highest BCUT2D eigenvalue weighted by Crippen LogP contribution is 2.33. The van der Waals surface area contributed by atoms with Crippen LogP contribution in [0.1, 0.15) is 0 Å². The smallest absolute Gasteiger partial charge is 0.166 e. The van der Waals surface area contributed by atoms with E-state index >= 15 is 0 Å². The molecule has 1 aromatic carbocycles. The zero-order chi connectivity index (χ0) is 10.7. The molecule has 0 aromatic heterocycles. The summed E-state index contributed by atoms with van der Waals surface area (Å²) in [5, 5.41) is 9.29. The molecule has 0 saturated heterocycles. The molecule has 0 amide bonds. The summed E-state index contributed by atoms with van der Waals surface area (Å²) < 4.78 is 13.6. The fraction of sp³-hybridized carbons (Fsp3) is 0.125. The Morgan fingerprint density at radius 3 is 2.86 bits per heavy atom. The third-order valence-corrected chi connectivity index (χ3v) is 2.33. The largest absolute Gasteiger partial charge is 0.506 e. The number of hydrogen-bond donors (Lipinski definition) is 2. The van der Waals surface area contributed by atoms with E-state index in [4.69, 9.17) is 17.3 Å². The van der Waals surface area contributed by atoms with Crippen LogP contribution in [0.3, 0.4) is 0 Å². The zero-order valence-electron chi connectivity index (χ0n) is 6.97. The van der Waals surface area contributed by atoms with Crippen LogP contribution in [0.15, 0.2) is 21.6 Å². The van der Waals surface area contributed by atoms with Crippen LogP contribution in [0, 0.1) is 5.82 Å². The first-order valence-electron chi connectivity index (χ1n) is 3.62. The lowest BCUT2D eigenvalue weighted by molar-refractivity contribution is 0.471. The van der Waals surface area contributed by atoms with Crippen LogP contribution in [0.5, 0.6) is 5.75 Å². The molecule has 0 aliphatic carbocycles. The Hall–Kier alpha value is -0.810. The SMILES string of the molecule is NC(CCl)=Nc1c(O)ccc(Br)c1F. The summed E-state index contributed by atoms with van der Waals surface area (Å²) in [5.41, 5.74) is 5.11. The van der Waals surface area contributed by atoms with E-state index in [1.165, 1.54) is 12.1 Å². The van der Waals surface area contributed by atoms with Gasteiger partial charge in [-0.15, -0.1) is 11.6 Å². The molecule has 0 saturated carbocycles. The van der Waals surface area contributed by atoms with Crippen molar-refractivity contribution in [3.8, 4) is 5.75 Å². The number of rotatable bonds is 2. The molecule has 0 spiro atoms. The number of hydrogen-bond acceptors (Lipinski definition) is 2.